The molecule has 0 aliphatic heterocycles. The molecule has 5 heteroatoms. The minimum atomic E-state index is -3.35. The number of halogens is 1. The fourth-order valence-electron chi connectivity index (χ4n) is 2.07. The second-order valence-corrected chi connectivity index (χ2v) is 7.37. The van der Waals surface area contributed by atoms with Gasteiger partial charge in [0.15, 0.2) is 0 Å². The van der Waals surface area contributed by atoms with Crippen molar-refractivity contribution in [3.05, 3.63) is 28.2 Å². The van der Waals surface area contributed by atoms with Gasteiger partial charge in [0.2, 0.25) is 10.0 Å². The third-order valence-electron chi connectivity index (χ3n) is 3.14. The average molecular weight is 318 g/mol. The van der Waals surface area contributed by atoms with Gasteiger partial charge < -0.3 is 0 Å². The first kappa shape index (κ1) is 13.1. The van der Waals surface area contributed by atoms with Crippen molar-refractivity contribution in [2.75, 3.05) is 0 Å². The van der Waals surface area contributed by atoms with E-state index in [0.29, 0.717) is 10.8 Å². The summed E-state index contributed by atoms with van der Waals surface area (Å²) in [6.45, 7) is 4.02. The van der Waals surface area contributed by atoms with Crippen LogP contribution in [-0.2, 0) is 10.0 Å². The minimum Gasteiger partial charge on any atom is -0.208 e. The maximum absolute atomic E-state index is 12.1. The monoisotopic (exact) mass is 317 g/mol. The molecule has 0 saturated heterocycles. The lowest BCUT2D eigenvalue weighted by atomic mass is 9.83. The summed E-state index contributed by atoms with van der Waals surface area (Å²) in [5.74, 6) is 0.634. The van der Waals surface area contributed by atoms with Gasteiger partial charge in [-0.05, 0) is 49.4 Å². The Labute approximate surface area is 111 Å². The molecule has 0 heterocycles. The highest BCUT2D eigenvalue weighted by Crippen LogP contribution is 2.28. The highest BCUT2D eigenvalue weighted by Gasteiger charge is 2.29. The Morgan fingerprint density at radius 3 is 2.53 bits per heavy atom. The third kappa shape index (κ3) is 2.89. The van der Waals surface area contributed by atoms with Crippen molar-refractivity contribution in [2.24, 2.45) is 5.92 Å². The maximum atomic E-state index is 12.1. The Morgan fingerprint density at radius 1 is 1.35 bits per heavy atom. The highest BCUT2D eigenvalue weighted by molar-refractivity contribution is 9.10. The quantitative estimate of drug-likeness (QED) is 0.931. The summed E-state index contributed by atoms with van der Waals surface area (Å²) in [6, 6.07) is 5.20. The van der Waals surface area contributed by atoms with Crippen LogP contribution < -0.4 is 4.72 Å². The van der Waals surface area contributed by atoms with Crippen molar-refractivity contribution in [3.63, 3.8) is 0 Å². The van der Waals surface area contributed by atoms with E-state index in [1.807, 2.05) is 6.92 Å². The first-order valence-electron chi connectivity index (χ1n) is 5.67. The predicted molar refractivity (Wildman–Crippen MR) is 71.4 cm³/mol. The Bertz CT molecular complexity index is 521. The number of nitrogens with one attached hydrogen (secondary N) is 1. The summed E-state index contributed by atoms with van der Waals surface area (Å²) in [5.41, 5.74) is 0.926. The molecule has 17 heavy (non-hydrogen) atoms. The first-order chi connectivity index (χ1) is 7.88. The van der Waals surface area contributed by atoms with Gasteiger partial charge in [-0.25, -0.2) is 13.1 Å². The summed E-state index contributed by atoms with van der Waals surface area (Å²) in [5, 5.41) is 0. The topological polar surface area (TPSA) is 46.2 Å². The van der Waals surface area contributed by atoms with Gasteiger partial charge in [0, 0.05) is 10.5 Å². The molecule has 2 rings (SSSR count). The van der Waals surface area contributed by atoms with Crippen molar-refractivity contribution < 1.29 is 8.42 Å². The third-order valence-corrected chi connectivity index (χ3v) is 5.54. The molecular weight excluding hydrogens is 302 g/mol. The van der Waals surface area contributed by atoms with Crippen LogP contribution in [0.5, 0.6) is 0 Å². The van der Waals surface area contributed by atoms with Crippen molar-refractivity contribution in [2.45, 2.75) is 37.6 Å². The standard InChI is InChI=1S/C12H16BrNO2S/c1-8-5-10(6-8)14-17(15,16)11-3-4-12(13)9(2)7-11/h3-4,7-8,10,14H,5-6H2,1-2H3. The molecule has 0 radical (unpaired) electrons. The van der Waals surface area contributed by atoms with Crippen LogP contribution in [-0.4, -0.2) is 14.5 Å². The molecule has 3 nitrogen and oxygen atoms in total. The van der Waals surface area contributed by atoms with Crippen molar-refractivity contribution in [1.82, 2.24) is 4.72 Å². The van der Waals surface area contributed by atoms with Gasteiger partial charge in [-0.15, -0.1) is 0 Å². The van der Waals surface area contributed by atoms with Crippen LogP contribution in [0.3, 0.4) is 0 Å². The van der Waals surface area contributed by atoms with Crippen LogP contribution >= 0.6 is 15.9 Å². The highest BCUT2D eigenvalue weighted by atomic mass is 79.9. The molecule has 0 spiro atoms. The van der Waals surface area contributed by atoms with E-state index < -0.39 is 10.0 Å². The Kier molecular flexibility index (Phi) is 3.61. The Morgan fingerprint density at radius 2 is 2.00 bits per heavy atom. The summed E-state index contributed by atoms with van der Waals surface area (Å²) < 4.78 is 27.8. The Hall–Kier alpha value is -0.390. The lowest BCUT2D eigenvalue weighted by molar-refractivity contribution is 0.270. The molecule has 94 valence electrons. The Balaban J connectivity index is 2.17. The molecule has 1 fully saturated rings. The van der Waals surface area contributed by atoms with Gasteiger partial charge >= 0.3 is 0 Å². The largest absolute Gasteiger partial charge is 0.240 e. The molecule has 0 bridgehead atoms. The van der Waals surface area contributed by atoms with E-state index in [-0.39, 0.29) is 6.04 Å². The molecule has 1 aromatic carbocycles. The fourth-order valence-corrected chi connectivity index (χ4v) is 3.66. The second kappa shape index (κ2) is 4.71. The summed E-state index contributed by atoms with van der Waals surface area (Å²) in [6.07, 6.45) is 1.88. The SMILES string of the molecule is Cc1cc(S(=O)(=O)NC2CC(C)C2)ccc1Br. The molecule has 1 aliphatic rings. The van der Waals surface area contributed by atoms with Gasteiger partial charge in [0.05, 0.1) is 4.90 Å². The van der Waals surface area contributed by atoms with E-state index in [2.05, 4.69) is 27.6 Å². The number of hydrogen-bond donors (Lipinski definition) is 1. The molecule has 0 amide bonds. The van der Waals surface area contributed by atoms with Crippen LogP contribution in [0.2, 0.25) is 0 Å². The molecule has 1 aromatic rings. The van der Waals surface area contributed by atoms with Crippen LogP contribution in [0, 0.1) is 12.8 Å². The van der Waals surface area contributed by atoms with E-state index in [0.717, 1.165) is 22.9 Å². The molecule has 0 unspecified atom stereocenters. The molecule has 1 saturated carbocycles. The number of sulfonamides is 1. The van der Waals surface area contributed by atoms with Gasteiger partial charge in [-0.3, -0.25) is 0 Å². The van der Waals surface area contributed by atoms with Gasteiger partial charge in [-0.2, -0.15) is 0 Å². The van der Waals surface area contributed by atoms with Crippen molar-refractivity contribution in [3.8, 4) is 0 Å². The van der Waals surface area contributed by atoms with E-state index in [9.17, 15) is 8.42 Å². The van der Waals surface area contributed by atoms with Gasteiger partial charge in [0.25, 0.3) is 0 Å². The molecule has 0 atom stereocenters. The summed E-state index contributed by atoms with van der Waals surface area (Å²) in [4.78, 5) is 0.345. The van der Waals surface area contributed by atoms with Gasteiger partial charge in [0.1, 0.15) is 0 Å². The number of hydrogen-bond acceptors (Lipinski definition) is 2. The minimum absolute atomic E-state index is 0.110. The summed E-state index contributed by atoms with van der Waals surface area (Å²) in [7, 11) is -3.35. The number of rotatable bonds is 3. The zero-order valence-corrected chi connectivity index (χ0v) is 12.3. The van der Waals surface area contributed by atoms with Crippen molar-refractivity contribution >= 4 is 26.0 Å². The second-order valence-electron chi connectivity index (χ2n) is 4.81. The lowest BCUT2D eigenvalue weighted by Crippen LogP contribution is -2.43. The predicted octanol–water partition coefficient (Wildman–Crippen LogP) is 2.83. The van der Waals surface area contributed by atoms with E-state index in [4.69, 9.17) is 0 Å². The number of aryl methyl sites for hydroxylation is 1. The van der Waals surface area contributed by atoms with E-state index in [1.165, 1.54) is 0 Å². The van der Waals surface area contributed by atoms with Gasteiger partial charge in [-0.1, -0.05) is 22.9 Å². The average Bonchev–Trinajstić information content (AvgIpc) is 2.19. The summed E-state index contributed by atoms with van der Waals surface area (Å²) >= 11 is 3.36. The first-order valence-corrected chi connectivity index (χ1v) is 7.94. The fraction of sp³-hybridized carbons (Fsp3) is 0.500. The zero-order chi connectivity index (χ0) is 12.6. The maximum Gasteiger partial charge on any atom is 0.240 e. The zero-order valence-electron chi connectivity index (χ0n) is 9.90. The molecular formula is C12H16BrNO2S. The molecule has 1 N–H and O–H groups in total. The van der Waals surface area contributed by atoms with Crippen molar-refractivity contribution in [1.29, 1.82) is 0 Å². The van der Waals surface area contributed by atoms with E-state index in [1.54, 1.807) is 18.2 Å². The smallest absolute Gasteiger partial charge is 0.208 e. The van der Waals surface area contributed by atoms with Crippen LogP contribution in [0.15, 0.2) is 27.6 Å². The molecule has 1 aliphatic carbocycles. The van der Waals surface area contributed by atoms with Crippen LogP contribution in [0.25, 0.3) is 0 Å². The number of benzene rings is 1. The van der Waals surface area contributed by atoms with Crippen LogP contribution in [0.1, 0.15) is 25.3 Å². The lowest BCUT2D eigenvalue weighted by Gasteiger charge is -2.32. The normalized spacial score (nSPS) is 24.4. The molecule has 0 aromatic heterocycles. The van der Waals surface area contributed by atoms with Crippen LogP contribution in [0.4, 0.5) is 0 Å². The van der Waals surface area contributed by atoms with E-state index >= 15 is 0 Å².